The van der Waals surface area contributed by atoms with Gasteiger partial charge in [0.05, 0.1) is 11.2 Å². The molecule has 4 heteroatoms. The topological polar surface area (TPSA) is 56.0 Å². The summed E-state index contributed by atoms with van der Waals surface area (Å²) in [4.78, 5) is 16.5. The number of aromatic nitrogens is 1. The highest BCUT2D eigenvalue weighted by atomic mass is 19.1. The zero-order chi connectivity index (χ0) is 14.1. The van der Waals surface area contributed by atoms with Gasteiger partial charge in [-0.05, 0) is 30.3 Å². The van der Waals surface area contributed by atoms with Gasteiger partial charge in [0.25, 0.3) is 0 Å². The molecule has 0 saturated carbocycles. The van der Waals surface area contributed by atoms with E-state index in [-0.39, 0.29) is 17.0 Å². The first-order chi connectivity index (χ1) is 9.65. The van der Waals surface area contributed by atoms with Gasteiger partial charge in [-0.15, -0.1) is 0 Å². The van der Waals surface area contributed by atoms with Crippen LogP contribution in [-0.4, -0.2) is 10.8 Å². The van der Waals surface area contributed by atoms with Crippen molar-refractivity contribution in [3.8, 4) is 0 Å². The van der Waals surface area contributed by atoms with Crippen molar-refractivity contribution in [3.63, 3.8) is 0 Å². The van der Waals surface area contributed by atoms with Crippen LogP contribution in [0.4, 0.5) is 10.1 Å². The summed E-state index contributed by atoms with van der Waals surface area (Å²) in [7, 11) is 0. The predicted molar refractivity (Wildman–Crippen MR) is 76.0 cm³/mol. The van der Waals surface area contributed by atoms with Crippen molar-refractivity contribution in [3.05, 3.63) is 71.7 Å². The van der Waals surface area contributed by atoms with Crippen LogP contribution in [0, 0.1) is 5.82 Å². The van der Waals surface area contributed by atoms with Crippen molar-refractivity contribution in [1.29, 1.82) is 0 Å². The van der Waals surface area contributed by atoms with Gasteiger partial charge in [0.2, 0.25) is 0 Å². The van der Waals surface area contributed by atoms with Gasteiger partial charge in [-0.25, -0.2) is 4.39 Å². The third-order valence-electron chi connectivity index (χ3n) is 3.12. The first kappa shape index (κ1) is 12.3. The molecule has 20 heavy (non-hydrogen) atoms. The lowest BCUT2D eigenvalue weighted by Crippen LogP contribution is -2.03. The smallest absolute Gasteiger partial charge is 0.194 e. The number of rotatable bonds is 2. The van der Waals surface area contributed by atoms with Crippen molar-refractivity contribution in [2.45, 2.75) is 0 Å². The molecule has 0 bridgehead atoms. The summed E-state index contributed by atoms with van der Waals surface area (Å²) in [5.74, 6) is -0.869. The highest BCUT2D eigenvalue weighted by Gasteiger charge is 2.12. The number of carbonyl (C=O) groups excluding carboxylic acids is 1. The maximum Gasteiger partial charge on any atom is 0.194 e. The molecule has 0 fully saturated rings. The second kappa shape index (κ2) is 4.74. The first-order valence-corrected chi connectivity index (χ1v) is 6.09. The molecule has 0 unspecified atom stereocenters. The molecule has 0 spiro atoms. The quantitative estimate of drug-likeness (QED) is 0.572. The monoisotopic (exact) mass is 266 g/mol. The number of anilines is 1. The third kappa shape index (κ3) is 2.12. The molecule has 1 heterocycles. The number of pyridine rings is 1. The number of para-hydroxylation sites is 1. The summed E-state index contributed by atoms with van der Waals surface area (Å²) in [6.07, 6.45) is 1.50. The van der Waals surface area contributed by atoms with E-state index in [0.717, 1.165) is 17.0 Å². The minimum atomic E-state index is -0.593. The third-order valence-corrected chi connectivity index (χ3v) is 3.12. The summed E-state index contributed by atoms with van der Waals surface area (Å²) in [5.41, 5.74) is 6.92. The Morgan fingerprint density at radius 1 is 1.05 bits per heavy atom. The number of halogens is 1. The van der Waals surface area contributed by atoms with Gasteiger partial charge < -0.3 is 5.73 Å². The summed E-state index contributed by atoms with van der Waals surface area (Å²) < 4.78 is 13.4. The first-order valence-electron chi connectivity index (χ1n) is 6.09. The van der Waals surface area contributed by atoms with E-state index in [1.807, 2.05) is 24.3 Å². The molecule has 0 saturated heterocycles. The van der Waals surface area contributed by atoms with Gasteiger partial charge in [0.15, 0.2) is 5.78 Å². The lowest BCUT2D eigenvalue weighted by atomic mass is 10.0. The molecule has 0 aliphatic rings. The number of hydrogen-bond acceptors (Lipinski definition) is 3. The zero-order valence-corrected chi connectivity index (χ0v) is 10.5. The van der Waals surface area contributed by atoms with Crippen molar-refractivity contribution in [2.75, 3.05) is 5.73 Å². The van der Waals surface area contributed by atoms with Crippen molar-refractivity contribution in [2.24, 2.45) is 0 Å². The Bertz CT molecular complexity index is 814. The second-order valence-corrected chi connectivity index (χ2v) is 4.48. The molecule has 3 aromatic rings. The molecule has 0 aliphatic carbocycles. The second-order valence-electron chi connectivity index (χ2n) is 4.48. The van der Waals surface area contributed by atoms with Gasteiger partial charge in [-0.2, -0.15) is 0 Å². The largest absolute Gasteiger partial charge is 0.396 e. The number of nitrogen functional groups attached to an aromatic ring is 1. The van der Waals surface area contributed by atoms with Crippen LogP contribution in [-0.2, 0) is 0 Å². The number of nitrogens with zero attached hydrogens (tertiary/aromatic N) is 1. The van der Waals surface area contributed by atoms with Crippen LogP contribution in [0.1, 0.15) is 15.9 Å². The standard InChI is InChI=1S/C16H11FN2O/c17-13-8-11(5-6-14(13)18)16(20)12-7-10-3-1-2-4-15(10)19-9-12/h1-9H,18H2. The normalized spacial score (nSPS) is 10.7. The molecule has 98 valence electrons. The summed E-state index contributed by atoms with van der Waals surface area (Å²) in [6, 6.07) is 13.3. The molecular weight excluding hydrogens is 255 g/mol. The molecular formula is C16H11FN2O. The number of nitrogens with two attached hydrogens (primary N) is 1. The molecule has 1 aromatic heterocycles. The number of carbonyl (C=O) groups is 1. The Labute approximate surface area is 114 Å². The Kier molecular flexibility index (Phi) is 2.91. The highest BCUT2D eigenvalue weighted by Crippen LogP contribution is 2.18. The molecule has 0 atom stereocenters. The fourth-order valence-corrected chi connectivity index (χ4v) is 2.03. The van der Waals surface area contributed by atoms with Crippen LogP contribution in [0.15, 0.2) is 54.7 Å². The molecule has 0 aliphatic heterocycles. The summed E-state index contributed by atoms with van der Waals surface area (Å²) in [6.45, 7) is 0. The van der Waals surface area contributed by atoms with E-state index in [9.17, 15) is 9.18 Å². The average Bonchev–Trinajstić information content (AvgIpc) is 2.49. The van der Waals surface area contributed by atoms with Gasteiger partial charge in [0.1, 0.15) is 5.82 Å². The van der Waals surface area contributed by atoms with Crippen LogP contribution in [0.5, 0.6) is 0 Å². The maximum atomic E-state index is 13.4. The fraction of sp³-hybridized carbons (Fsp3) is 0. The van der Waals surface area contributed by atoms with Gasteiger partial charge in [0, 0.05) is 22.7 Å². The van der Waals surface area contributed by atoms with E-state index in [0.29, 0.717) is 5.56 Å². The Hall–Kier alpha value is -2.75. The van der Waals surface area contributed by atoms with Crippen LogP contribution in [0.2, 0.25) is 0 Å². The minimum Gasteiger partial charge on any atom is -0.396 e. The lowest BCUT2D eigenvalue weighted by Gasteiger charge is -2.04. The molecule has 0 radical (unpaired) electrons. The van der Waals surface area contributed by atoms with Crippen LogP contribution in [0.25, 0.3) is 10.9 Å². The van der Waals surface area contributed by atoms with Crippen LogP contribution < -0.4 is 5.73 Å². The van der Waals surface area contributed by atoms with E-state index >= 15 is 0 Å². The predicted octanol–water partition coefficient (Wildman–Crippen LogP) is 3.19. The zero-order valence-electron chi connectivity index (χ0n) is 10.5. The van der Waals surface area contributed by atoms with Crippen molar-refractivity contribution < 1.29 is 9.18 Å². The number of benzene rings is 2. The maximum absolute atomic E-state index is 13.4. The Balaban J connectivity index is 2.05. The molecule has 2 N–H and O–H groups in total. The minimum absolute atomic E-state index is 0.0261. The Morgan fingerprint density at radius 3 is 2.65 bits per heavy atom. The number of fused-ring (bicyclic) bond motifs is 1. The molecule has 3 nitrogen and oxygen atoms in total. The van der Waals surface area contributed by atoms with E-state index < -0.39 is 5.82 Å². The number of ketones is 1. The average molecular weight is 266 g/mol. The molecule has 2 aromatic carbocycles. The molecule has 0 amide bonds. The van der Waals surface area contributed by atoms with Gasteiger partial charge in [-0.3, -0.25) is 9.78 Å². The summed E-state index contributed by atoms with van der Waals surface area (Å²) >= 11 is 0. The number of hydrogen-bond donors (Lipinski definition) is 1. The van der Waals surface area contributed by atoms with Crippen molar-refractivity contribution in [1.82, 2.24) is 4.98 Å². The van der Waals surface area contributed by atoms with Crippen LogP contribution in [0.3, 0.4) is 0 Å². The van der Waals surface area contributed by atoms with Crippen molar-refractivity contribution >= 4 is 22.4 Å². The Morgan fingerprint density at radius 2 is 1.85 bits per heavy atom. The fourth-order valence-electron chi connectivity index (χ4n) is 2.03. The van der Waals surface area contributed by atoms with E-state index in [1.54, 1.807) is 6.07 Å². The van der Waals surface area contributed by atoms with Crippen LogP contribution >= 0.6 is 0 Å². The highest BCUT2D eigenvalue weighted by molar-refractivity contribution is 6.10. The van der Waals surface area contributed by atoms with E-state index in [4.69, 9.17) is 5.73 Å². The van der Waals surface area contributed by atoms with E-state index in [2.05, 4.69) is 4.98 Å². The van der Waals surface area contributed by atoms with Gasteiger partial charge >= 0.3 is 0 Å². The lowest BCUT2D eigenvalue weighted by molar-refractivity contribution is 0.103. The SMILES string of the molecule is Nc1ccc(C(=O)c2cnc3ccccc3c2)cc1F. The van der Waals surface area contributed by atoms with E-state index in [1.165, 1.54) is 18.3 Å². The van der Waals surface area contributed by atoms with Gasteiger partial charge in [-0.1, -0.05) is 18.2 Å². The summed E-state index contributed by atoms with van der Waals surface area (Å²) in [5, 5.41) is 0.870. The molecule has 3 rings (SSSR count).